The van der Waals surface area contributed by atoms with Gasteiger partial charge < -0.3 is 0 Å². The van der Waals surface area contributed by atoms with E-state index in [-0.39, 0.29) is 0 Å². The van der Waals surface area contributed by atoms with E-state index in [4.69, 9.17) is 0 Å². The van der Waals surface area contributed by atoms with Gasteiger partial charge in [-0.3, -0.25) is 4.79 Å². The van der Waals surface area contributed by atoms with Gasteiger partial charge in [0.15, 0.2) is 0 Å². The molecule has 1 aliphatic rings. The summed E-state index contributed by atoms with van der Waals surface area (Å²) in [5, 5.41) is 0. The van der Waals surface area contributed by atoms with Gasteiger partial charge in [0, 0.05) is 14.0 Å². The molecule has 10 heavy (non-hydrogen) atoms. The van der Waals surface area contributed by atoms with Gasteiger partial charge in [-0.25, -0.2) is 0 Å². The molecule has 2 heteroatoms. The van der Waals surface area contributed by atoms with Crippen molar-refractivity contribution in [2.24, 2.45) is 5.92 Å². The number of hydrogen-bond acceptors (Lipinski definition) is 1. The summed E-state index contributed by atoms with van der Waals surface area (Å²) in [5.74, 6) is 0.860. The zero-order valence-corrected chi connectivity index (χ0v) is 8.27. The fraction of sp³-hybridized carbons (Fsp3) is 0.875. The Morgan fingerprint density at radius 2 is 1.90 bits per heavy atom. The summed E-state index contributed by atoms with van der Waals surface area (Å²) in [5.41, 5.74) is 0.796. The van der Waals surface area contributed by atoms with Crippen LogP contribution in [0.25, 0.3) is 0 Å². The molecule has 0 spiro atoms. The molecular formula is C8H16OSi. The van der Waals surface area contributed by atoms with Crippen LogP contribution in [0.1, 0.15) is 13.3 Å². The average Bonchev–Trinajstić information content (AvgIpc) is 2.35. The monoisotopic (exact) mass is 156 g/mol. The van der Waals surface area contributed by atoms with E-state index in [2.05, 4.69) is 19.6 Å². The van der Waals surface area contributed by atoms with Crippen molar-refractivity contribution in [2.75, 3.05) is 0 Å². The molecule has 0 N–H and O–H groups in total. The van der Waals surface area contributed by atoms with E-state index < -0.39 is 8.07 Å². The van der Waals surface area contributed by atoms with Crippen molar-refractivity contribution in [1.29, 1.82) is 0 Å². The largest absolute Gasteiger partial charge is 0.300 e. The third kappa shape index (κ3) is 1.48. The van der Waals surface area contributed by atoms with Crippen molar-refractivity contribution in [3.63, 3.8) is 0 Å². The van der Waals surface area contributed by atoms with Crippen LogP contribution in [0, 0.1) is 5.92 Å². The highest BCUT2D eigenvalue weighted by Gasteiger charge is 2.48. The first-order valence-corrected chi connectivity index (χ1v) is 7.51. The smallest absolute Gasteiger partial charge is 0.132 e. The second-order valence-corrected chi connectivity index (χ2v) is 9.90. The summed E-state index contributed by atoms with van der Waals surface area (Å²) in [6.45, 7) is 8.77. The van der Waals surface area contributed by atoms with E-state index in [1.165, 1.54) is 6.42 Å². The first-order valence-electron chi connectivity index (χ1n) is 3.93. The Morgan fingerprint density at radius 1 is 1.40 bits per heavy atom. The van der Waals surface area contributed by atoms with Gasteiger partial charge in [-0.2, -0.15) is 0 Å². The summed E-state index contributed by atoms with van der Waals surface area (Å²) >= 11 is 0. The molecule has 1 rings (SSSR count). The average molecular weight is 156 g/mol. The molecule has 0 radical (unpaired) electrons. The van der Waals surface area contributed by atoms with Gasteiger partial charge in [-0.05, 0) is 18.9 Å². The third-order valence-corrected chi connectivity index (χ3v) is 5.29. The van der Waals surface area contributed by atoms with Crippen molar-refractivity contribution in [2.45, 2.75) is 38.5 Å². The van der Waals surface area contributed by atoms with Crippen molar-refractivity contribution in [1.82, 2.24) is 0 Å². The van der Waals surface area contributed by atoms with Crippen molar-refractivity contribution in [3.05, 3.63) is 0 Å². The molecular weight excluding hydrogens is 140 g/mol. The summed E-state index contributed by atoms with van der Waals surface area (Å²) in [4.78, 5) is 10.9. The molecule has 0 bridgehead atoms. The van der Waals surface area contributed by atoms with Crippen LogP contribution in [0.15, 0.2) is 0 Å². The van der Waals surface area contributed by atoms with Crippen molar-refractivity contribution in [3.8, 4) is 0 Å². The number of hydrogen-bond donors (Lipinski definition) is 0. The predicted octanol–water partition coefficient (Wildman–Crippen LogP) is 2.30. The molecule has 1 aliphatic carbocycles. The Hall–Kier alpha value is -0.113. The van der Waals surface area contributed by atoms with Crippen LogP contribution < -0.4 is 0 Å². The maximum Gasteiger partial charge on any atom is 0.132 e. The highest BCUT2D eigenvalue weighted by Crippen LogP contribution is 2.51. The molecule has 0 aromatic rings. The van der Waals surface area contributed by atoms with Gasteiger partial charge in [0.2, 0.25) is 0 Å². The Morgan fingerprint density at radius 3 is 2.00 bits per heavy atom. The summed E-state index contributed by atoms with van der Waals surface area (Å²) in [6.07, 6.45) is 1.19. The first-order chi connectivity index (χ1) is 4.43. The molecule has 0 unspecified atom stereocenters. The molecule has 1 fully saturated rings. The summed E-state index contributed by atoms with van der Waals surface area (Å²) in [6, 6.07) is 0. The quantitative estimate of drug-likeness (QED) is 0.561. The van der Waals surface area contributed by atoms with E-state index in [0.717, 1.165) is 5.54 Å². The SMILES string of the molecule is CC(=O)[C@@H]1C[C@H]1[Si](C)(C)C. The number of carbonyl (C=O) groups is 1. The highest BCUT2D eigenvalue weighted by molar-refractivity contribution is 6.78. The summed E-state index contributed by atoms with van der Waals surface area (Å²) < 4.78 is 0. The van der Waals surface area contributed by atoms with Crippen LogP contribution in [0.2, 0.25) is 25.2 Å². The van der Waals surface area contributed by atoms with Gasteiger partial charge >= 0.3 is 0 Å². The number of Topliss-reactive ketones (excluding diaryl/α,β-unsaturated/α-hetero) is 1. The molecule has 2 atom stereocenters. The first kappa shape index (κ1) is 7.99. The van der Waals surface area contributed by atoms with Crippen LogP contribution in [0.5, 0.6) is 0 Å². The van der Waals surface area contributed by atoms with Crippen LogP contribution in [-0.4, -0.2) is 13.9 Å². The van der Waals surface area contributed by atoms with Crippen molar-refractivity contribution < 1.29 is 4.79 Å². The molecule has 0 aromatic carbocycles. The number of carbonyl (C=O) groups excluding carboxylic acids is 1. The Bertz CT molecular complexity index is 157. The van der Waals surface area contributed by atoms with E-state index >= 15 is 0 Å². The maximum absolute atomic E-state index is 10.9. The standard InChI is InChI=1S/C8H16OSi/c1-6(9)7-5-8(7)10(2,3)4/h7-8H,5H2,1-4H3/t7-,8+/m0/s1. The lowest BCUT2D eigenvalue weighted by atomic mass is 10.3. The van der Waals surface area contributed by atoms with E-state index in [0.29, 0.717) is 11.7 Å². The lowest BCUT2D eigenvalue weighted by Crippen LogP contribution is -2.21. The molecule has 58 valence electrons. The molecule has 1 nitrogen and oxygen atoms in total. The Balaban J connectivity index is 2.46. The third-order valence-electron chi connectivity index (χ3n) is 2.42. The lowest BCUT2D eigenvalue weighted by Gasteiger charge is -2.14. The minimum Gasteiger partial charge on any atom is -0.300 e. The number of rotatable bonds is 2. The molecule has 0 heterocycles. The lowest BCUT2D eigenvalue weighted by molar-refractivity contribution is -0.118. The Kier molecular flexibility index (Phi) is 1.75. The number of ketones is 1. The molecule has 0 saturated heterocycles. The minimum atomic E-state index is -0.970. The van der Waals surface area contributed by atoms with E-state index in [1.54, 1.807) is 6.92 Å². The summed E-state index contributed by atoms with van der Waals surface area (Å²) in [7, 11) is -0.970. The highest BCUT2D eigenvalue weighted by atomic mass is 28.3. The fourth-order valence-corrected chi connectivity index (χ4v) is 4.00. The Labute approximate surface area is 63.8 Å². The van der Waals surface area contributed by atoms with Crippen LogP contribution >= 0.6 is 0 Å². The van der Waals surface area contributed by atoms with Gasteiger partial charge in [0.05, 0.1) is 0 Å². The normalized spacial score (nSPS) is 32.0. The zero-order chi connectivity index (χ0) is 7.94. The van der Waals surface area contributed by atoms with Crippen LogP contribution in [0.3, 0.4) is 0 Å². The topological polar surface area (TPSA) is 17.1 Å². The molecule has 0 aliphatic heterocycles. The van der Waals surface area contributed by atoms with E-state index in [1.807, 2.05) is 0 Å². The molecule has 0 amide bonds. The second kappa shape index (κ2) is 2.19. The second-order valence-electron chi connectivity index (χ2n) is 4.43. The van der Waals surface area contributed by atoms with Crippen LogP contribution in [0.4, 0.5) is 0 Å². The maximum atomic E-state index is 10.9. The zero-order valence-electron chi connectivity index (χ0n) is 7.27. The predicted molar refractivity (Wildman–Crippen MR) is 45.9 cm³/mol. The minimum absolute atomic E-state index is 0.410. The van der Waals surface area contributed by atoms with Crippen LogP contribution in [-0.2, 0) is 4.79 Å². The van der Waals surface area contributed by atoms with Gasteiger partial charge in [-0.15, -0.1) is 0 Å². The van der Waals surface area contributed by atoms with Gasteiger partial charge in [0.1, 0.15) is 5.78 Å². The molecule has 1 saturated carbocycles. The fourth-order valence-electron chi connectivity index (χ4n) is 1.60. The van der Waals surface area contributed by atoms with Gasteiger partial charge in [0.25, 0.3) is 0 Å². The van der Waals surface area contributed by atoms with Crippen molar-refractivity contribution >= 4 is 13.9 Å². The van der Waals surface area contributed by atoms with Gasteiger partial charge in [-0.1, -0.05) is 19.6 Å². The molecule has 0 aromatic heterocycles. The van der Waals surface area contributed by atoms with E-state index in [9.17, 15) is 4.79 Å².